The molecule has 0 aliphatic carbocycles. The van der Waals surface area contributed by atoms with E-state index in [1.54, 1.807) is 48.7 Å². The number of carbonyl (C=O) groups is 3. The maximum atomic E-state index is 12.5. The molecule has 3 N–H and O–H groups in total. The smallest absolute Gasteiger partial charge is 0.313 e. The zero-order chi connectivity index (χ0) is 21.1. The van der Waals surface area contributed by atoms with Crippen LogP contribution in [0.1, 0.15) is 25.6 Å². The zero-order valence-electron chi connectivity index (χ0n) is 15.4. The predicted molar refractivity (Wildman–Crippen MR) is 113 cm³/mol. The van der Waals surface area contributed by atoms with Crippen LogP contribution in [0.4, 0.5) is 5.69 Å². The van der Waals surface area contributed by atoms with Gasteiger partial charge < -0.3 is 20.5 Å². The fraction of sp³-hybridized carbons (Fsp3) is 0.100. The van der Waals surface area contributed by atoms with Crippen LogP contribution in [0.25, 0.3) is 0 Å². The number of anilines is 1. The van der Waals surface area contributed by atoms with Gasteiger partial charge in [0.25, 0.3) is 11.8 Å². The van der Waals surface area contributed by atoms with Crippen LogP contribution in [0.15, 0.2) is 53.0 Å². The van der Waals surface area contributed by atoms with Crippen molar-refractivity contribution < 1.29 is 24.2 Å². The second-order valence-electron chi connectivity index (χ2n) is 6.22. The topological polar surface area (TPSA) is 118 Å². The lowest BCUT2D eigenvalue weighted by Crippen LogP contribution is -2.22. The Morgan fingerprint density at radius 1 is 1.20 bits per heavy atom. The molecule has 1 aromatic heterocycles. The highest BCUT2D eigenvalue weighted by Gasteiger charge is 2.21. The number of hydrogen-bond donors (Lipinski definition) is 3. The monoisotopic (exact) mass is 441 g/mol. The van der Waals surface area contributed by atoms with E-state index in [9.17, 15) is 14.4 Å². The first-order valence-electron chi connectivity index (χ1n) is 8.79. The SMILES string of the molecule is O=C(O)CSc1ncc(CNC(=O)c2ccc3c(c2)NC(=O)c2ccccc2O3)s1. The number of amides is 2. The molecule has 0 atom stereocenters. The normalized spacial score (nSPS) is 12.1. The summed E-state index contributed by atoms with van der Waals surface area (Å²) in [4.78, 5) is 40.5. The van der Waals surface area contributed by atoms with E-state index in [2.05, 4.69) is 15.6 Å². The maximum absolute atomic E-state index is 12.5. The minimum atomic E-state index is -0.910. The molecule has 8 nitrogen and oxygen atoms in total. The molecule has 0 unspecified atom stereocenters. The van der Waals surface area contributed by atoms with E-state index in [0.29, 0.717) is 32.7 Å². The van der Waals surface area contributed by atoms with Gasteiger partial charge in [-0.15, -0.1) is 11.3 Å². The van der Waals surface area contributed by atoms with E-state index < -0.39 is 5.97 Å². The number of hydrogen-bond acceptors (Lipinski definition) is 7. The molecule has 2 amide bonds. The van der Waals surface area contributed by atoms with Crippen molar-refractivity contribution >= 4 is 46.6 Å². The van der Waals surface area contributed by atoms with Crippen molar-refractivity contribution in [2.45, 2.75) is 10.9 Å². The van der Waals surface area contributed by atoms with Crippen LogP contribution in [0.5, 0.6) is 11.5 Å². The van der Waals surface area contributed by atoms with Gasteiger partial charge >= 0.3 is 5.97 Å². The van der Waals surface area contributed by atoms with E-state index in [0.717, 1.165) is 16.6 Å². The third-order valence-electron chi connectivity index (χ3n) is 4.12. The highest BCUT2D eigenvalue weighted by Crippen LogP contribution is 2.36. The number of carboxylic acid groups (broad SMARTS) is 1. The van der Waals surface area contributed by atoms with Gasteiger partial charge in [0.05, 0.1) is 23.5 Å². The van der Waals surface area contributed by atoms with Crippen molar-refractivity contribution in [3.05, 3.63) is 64.7 Å². The Balaban J connectivity index is 1.43. The minimum Gasteiger partial charge on any atom is -0.481 e. The van der Waals surface area contributed by atoms with Gasteiger partial charge in [-0.05, 0) is 30.3 Å². The molecule has 3 aromatic rings. The number of carbonyl (C=O) groups excluding carboxylic acids is 2. The number of carboxylic acids is 1. The maximum Gasteiger partial charge on any atom is 0.313 e. The lowest BCUT2D eigenvalue weighted by atomic mass is 10.1. The van der Waals surface area contributed by atoms with E-state index >= 15 is 0 Å². The first-order valence-corrected chi connectivity index (χ1v) is 10.6. The minimum absolute atomic E-state index is 0.0634. The summed E-state index contributed by atoms with van der Waals surface area (Å²) in [7, 11) is 0. The van der Waals surface area contributed by atoms with Crippen LogP contribution >= 0.6 is 23.1 Å². The molecule has 2 aromatic carbocycles. The Labute approximate surface area is 179 Å². The molecule has 2 heterocycles. The molecule has 30 heavy (non-hydrogen) atoms. The number of aliphatic carboxylic acids is 1. The summed E-state index contributed by atoms with van der Waals surface area (Å²) in [5.74, 6) is -0.695. The number of aromatic nitrogens is 1. The lowest BCUT2D eigenvalue weighted by Gasteiger charge is -2.10. The van der Waals surface area contributed by atoms with Crippen molar-refractivity contribution in [3.8, 4) is 11.5 Å². The molecule has 0 radical (unpaired) electrons. The summed E-state index contributed by atoms with van der Waals surface area (Å²) in [5.41, 5.74) is 1.20. The number of rotatable bonds is 6. The van der Waals surface area contributed by atoms with E-state index in [-0.39, 0.29) is 24.1 Å². The molecule has 0 saturated carbocycles. The molecule has 1 aliphatic rings. The summed E-state index contributed by atoms with van der Waals surface area (Å²) in [6.07, 6.45) is 1.61. The molecular weight excluding hydrogens is 426 g/mol. The zero-order valence-corrected chi connectivity index (χ0v) is 17.0. The fourth-order valence-electron chi connectivity index (χ4n) is 2.74. The Bertz CT molecular complexity index is 1140. The second-order valence-corrected chi connectivity index (χ2v) is 8.56. The van der Waals surface area contributed by atoms with E-state index in [4.69, 9.17) is 9.84 Å². The quantitative estimate of drug-likeness (QED) is 0.500. The Morgan fingerprint density at radius 2 is 2.03 bits per heavy atom. The standard InChI is InChI=1S/C20H15N3O5S2/c24-17(25)10-29-20-22-9-12(30-20)8-21-18(26)11-5-6-16-14(7-11)23-19(27)13-3-1-2-4-15(13)28-16/h1-7,9H,8,10H2,(H,21,26)(H,23,27)(H,24,25). The molecule has 0 saturated heterocycles. The van der Waals surface area contributed by atoms with Crippen LogP contribution in [-0.4, -0.2) is 33.6 Å². The summed E-state index contributed by atoms with van der Waals surface area (Å²) >= 11 is 2.46. The van der Waals surface area contributed by atoms with Crippen LogP contribution in [0.3, 0.4) is 0 Å². The first-order chi connectivity index (χ1) is 14.5. The van der Waals surface area contributed by atoms with Gasteiger partial charge in [-0.1, -0.05) is 23.9 Å². The molecular formula is C20H15N3O5S2. The van der Waals surface area contributed by atoms with E-state index in [1.165, 1.54) is 11.3 Å². The van der Waals surface area contributed by atoms with Crippen molar-refractivity contribution in [2.24, 2.45) is 0 Å². The Kier molecular flexibility index (Phi) is 5.68. The number of nitrogens with zero attached hydrogens (tertiary/aromatic N) is 1. The van der Waals surface area contributed by atoms with Crippen molar-refractivity contribution in [1.82, 2.24) is 10.3 Å². The highest BCUT2D eigenvalue weighted by molar-refractivity contribution is 8.01. The van der Waals surface area contributed by atoms with Crippen molar-refractivity contribution in [1.29, 1.82) is 0 Å². The summed E-state index contributed by atoms with van der Waals surface area (Å²) < 4.78 is 6.44. The summed E-state index contributed by atoms with van der Waals surface area (Å²) in [6, 6.07) is 11.7. The average molecular weight is 441 g/mol. The van der Waals surface area contributed by atoms with Crippen molar-refractivity contribution in [3.63, 3.8) is 0 Å². The Morgan fingerprint density at radius 3 is 2.87 bits per heavy atom. The highest BCUT2D eigenvalue weighted by atomic mass is 32.2. The van der Waals surface area contributed by atoms with Gasteiger partial charge in [-0.25, -0.2) is 4.98 Å². The first kappa shape index (κ1) is 19.9. The lowest BCUT2D eigenvalue weighted by molar-refractivity contribution is -0.133. The molecule has 0 fully saturated rings. The number of benzene rings is 2. The fourth-order valence-corrected chi connectivity index (χ4v) is 4.43. The van der Waals surface area contributed by atoms with Gasteiger partial charge in [0, 0.05) is 16.6 Å². The van der Waals surface area contributed by atoms with Gasteiger partial charge in [-0.2, -0.15) is 0 Å². The average Bonchev–Trinajstić information content (AvgIpc) is 3.14. The largest absolute Gasteiger partial charge is 0.481 e. The molecule has 4 rings (SSSR count). The molecule has 0 spiro atoms. The van der Waals surface area contributed by atoms with Gasteiger partial charge in [0.15, 0.2) is 10.1 Å². The van der Waals surface area contributed by atoms with Crippen LogP contribution in [-0.2, 0) is 11.3 Å². The number of thioether (sulfide) groups is 1. The Hall–Kier alpha value is -3.37. The molecule has 152 valence electrons. The van der Waals surface area contributed by atoms with Crippen molar-refractivity contribution in [2.75, 3.05) is 11.1 Å². The predicted octanol–water partition coefficient (Wildman–Crippen LogP) is 3.61. The molecule has 0 bridgehead atoms. The number of fused-ring (bicyclic) bond motifs is 2. The van der Waals surface area contributed by atoms with E-state index in [1.807, 2.05) is 0 Å². The number of thiazole rings is 1. The van der Waals surface area contributed by atoms with Gasteiger partial charge in [0.1, 0.15) is 5.75 Å². The number of ether oxygens (including phenoxy) is 1. The number of nitrogens with one attached hydrogen (secondary N) is 2. The van der Waals surface area contributed by atoms with Gasteiger partial charge in [-0.3, -0.25) is 14.4 Å². The number of para-hydroxylation sites is 1. The third-order valence-corrected chi connectivity index (χ3v) is 6.26. The third kappa shape index (κ3) is 4.44. The molecule has 10 heteroatoms. The van der Waals surface area contributed by atoms with Crippen LogP contribution in [0, 0.1) is 0 Å². The van der Waals surface area contributed by atoms with Gasteiger partial charge in [0.2, 0.25) is 0 Å². The van der Waals surface area contributed by atoms with Crippen LogP contribution < -0.4 is 15.4 Å². The summed E-state index contributed by atoms with van der Waals surface area (Å²) in [6.45, 7) is 0.259. The second kappa shape index (κ2) is 8.56. The summed E-state index contributed by atoms with van der Waals surface area (Å²) in [5, 5.41) is 14.3. The molecule has 1 aliphatic heterocycles. The van der Waals surface area contributed by atoms with Crippen LogP contribution in [0.2, 0.25) is 0 Å².